The predicted octanol–water partition coefficient (Wildman–Crippen LogP) is 2.89. The molecule has 1 atom stereocenters. The molecule has 1 aliphatic heterocycles. The van der Waals surface area contributed by atoms with Gasteiger partial charge in [0.05, 0.1) is 6.20 Å². The molecule has 6 nitrogen and oxygen atoms in total. The molecule has 0 bridgehead atoms. The molecule has 0 amide bonds. The number of aromatic nitrogens is 3. The number of nitrogens with one attached hydrogen (secondary N) is 1. The van der Waals surface area contributed by atoms with Crippen molar-refractivity contribution in [2.45, 2.75) is 24.6 Å². The first-order valence-corrected chi connectivity index (χ1v) is 7.45. The van der Waals surface area contributed by atoms with Crippen LogP contribution in [0.4, 0.5) is 0 Å². The van der Waals surface area contributed by atoms with Crippen LogP contribution in [0.1, 0.15) is 11.1 Å². The van der Waals surface area contributed by atoms with Crippen LogP contribution in [-0.2, 0) is 4.74 Å². The summed E-state index contributed by atoms with van der Waals surface area (Å²) in [6, 6.07) is 4.05. The SMILES string of the molecule is COC1Nn2cc(-c3nc4cc(C)c(C)cc4o3)nc2S1. The van der Waals surface area contributed by atoms with Gasteiger partial charge < -0.3 is 9.15 Å². The zero-order valence-electron chi connectivity index (χ0n) is 11.9. The number of ether oxygens (including phenoxy) is 1. The van der Waals surface area contributed by atoms with Gasteiger partial charge in [0, 0.05) is 7.11 Å². The van der Waals surface area contributed by atoms with E-state index in [0.717, 1.165) is 16.3 Å². The molecule has 108 valence electrons. The van der Waals surface area contributed by atoms with Crippen molar-refractivity contribution in [2.24, 2.45) is 0 Å². The van der Waals surface area contributed by atoms with E-state index < -0.39 is 0 Å². The van der Waals surface area contributed by atoms with E-state index in [4.69, 9.17) is 9.15 Å². The van der Waals surface area contributed by atoms with E-state index in [-0.39, 0.29) is 5.56 Å². The van der Waals surface area contributed by atoms with Crippen molar-refractivity contribution in [3.63, 3.8) is 0 Å². The highest BCUT2D eigenvalue weighted by Crippen LogP contribution is 2.32. The Labute approximate surface area is 125 Å². The standard InChI is InChI=1S/C14H14N4O2S/c1-7-4-9-11(5-8(7)2)20-12(15-9)10-6-18-13(16-10)21-14(17-18)19-3/h4-6,14,17H,1-3H3. The van der Waals surface area contributed by atoms with E-state index in [1.807, 2.05) is 23.0 Å². The molecule has 0 saturated heterocycles. The Morgan fingerprint density at radius 2 is 2.10 bits per heavy atom. The van der Waals surface area contributed by atoms with E-state index in [1.54, 1.807) is 7.11 Å². The second-order valence-electron chi connectivity index (χ2n) is 5.02. The fourth-order valence-corrected chi connectivity index (χ4v) is 3.09. The Bertz CT molecular complexity index is 776. The molecule has 3 aromatic rings. The number of oxazole rings is 1. The van der Waals surface area contributed by atoms with Crippen molar-refractivity contribution in [3.05, 3.63) is 29.5 Å². The molecule has 0 radical (unpaired) electrons. The lowest BCUT2D eigenvalue weighted by Crippen LogP contribution is -2.19. The van der Waals surface area contributed by atoms with Crippen LogP contribution in [0, 0.1) is 13.8 Å². The zero-order valence-corrected chi connectivity index (χ0v) is 12.7. The van der Waals surface area contributed by atoms with Gasteiger partial charge >= 0.3 is 0 Å². The van der Waals surface area contributed by atoms with Crippen LogP contribution in [-0.4, -0.2) is 27.3 Å². The number of hydrogen-bond acceptors (Lipinski definition) is 6. The second kappa shape index (κ2) is 4.51. The van der Waals surface area contributed by atoms with Gasteiger partial charge in [-0.2, -0.15) is 0 Å². The molecule has 2 aromatic heterocycles. The highest BCUT2D eigenvalue weighted by atomic mass is 32.2. The fourth-order valence-electron chi connectivity index (χ4n) is 2.27. The molecule has 1 N–H and O–H groups in total. The quantitative estimate of drug-likeness (QED) is 0.785. The first-order chi connectivity index (χ1) is 10.1. The summed E-state index contributed by atoms with van der Waals surface area (Å²) in [6.45, 7) is 4.13. The molecule has 0 aliphatic carbocycles. The van der Waals surface area contributed by atoms with Gasteiger partial charge in [0.2, 0.25) is 5.89 Å². The largest absolute Gasteiger partial charge is 0.435 e. The van der Waals surface area contributed by atoms with E-state index in [9.17, 15) is 0 Å². The van der Waals surface area contributed by atoms with Gasteiger partial charge in [0.15, 0.2) is 16.3 Å². The minimum absolute atomic E-state index is 0.101. The third-order valence-corrected chi connectivity index (χ3v) is 4.58. The van der Waals surface area contributed by atoms with Crippen LogP contribution in [0.5, 0.6) is 0 Å². The van der Waals surface area contributed by atoms with Crippen LogP contribution in [0.15, 0.2) is 27.9 Å². The summed E-state index contributed by atoms with van der Waals surface area (Å²) in [7, 11) is 1.66. The Hall–Kier alpha value is -1.99. The monoisotopic (exact) mass is 302 g/mol. The smallest absolute Gasteiger partial charge is 0.247 e. The van der Waals surface area contributed by atoms with E-state index >= 15 is 0 Å². The molecule has 1 aromatic carbocycles. The van der Waals surface area contributed by atoms with E-state index in [2.05, 4.69) is 29.2 Å². The van der Waals surface area contributed by atoms with Crippen LogP contribution >= 0.6 is 11.8 Å². The summed E-state index contributed by atoms with van der Waals surface area (Å²) in [4.78, 5) is 9.05. The van der Waals surface area contributed by atoms with Gasteiger partial charge in [0.25, 0.3) is 0 Å². The number of fused-ring (bicyclic) bond motifs is 2. The van der Waals surface area contributed by atoms with Gasteiger partial charge in [0.1, 0.15) is 11.2 Å². The summed E-state index contributed by atoms with van der Waals surface area (Å²) in [5.41, 5.74) is 7.81. The summed E-state index contributed by atoms with van der Waals surface area (Å²) in [5.74, 6) is 0.535. The first-order valence-electron chi connectivity index (χ1n) is 6.57. The molecule has 0 saturated carbocycles. The molecule has 1 unspecified atom stereocenters. The number of thioether (sulfide) groups is 1. The maximum absolute atomic E-state index is 5.82. The molecule has 21 heavy (non-hydrogen) atoms. The summed E-state index contributed by atoms with van der Waals surface area (Å²) in [5, 5.41) is 0.839. The van der Waals surface area contributed by atoms with Crippen LogP contribution in [0.2, 0.25) is 0 Å². The summed E-state index contributed by atoms with van der Waals surface area (Å²) >= 11 is 1.51. The molecule has 7 heteroatoms. The highest BCUT2D eigenvalue weighted by molar-refractivity contribution is 7.99. The Kier molecular flexibility index (Phi) is 2.73. The van der Waals surface area contributed by atoms with Crippen molar-refractivity contribution in [1.29, 1.82) is 0 Å². The van der Waals surface area contributed by atoms with Crippen molar-refractivity contribution >= 4 is 22.9 Å². The van der Waals surface area contributed by atoms with Gasteiger partial charge in [-0.1, -0.05) is 0 Å². The van der Waals surface area contributed by atoms with Crippen LogP contribution < -0.4 is 5.43 Å². The van der Waals surface area contributed by atoms with Crippen LogP contribution in [0.3, 0.4) is 0 Å². The van der Waals surface area contributed by atoms with Crippen molar-refractivity contribution in [2.75, 3.05) is 12.5 Å². The molecular formula is C14H14N4O2S. The summed E-state index contributed by atoms with van der Waals surface area (Å²) in [6.07, 6.45) is 1.87. The lowest BCUT2D eigenvalue weighted by Gasteiger charge is -2.06. The van der Waals surface area contributed by atoms with Gasteiger partial charge in [-0.05, 0) is 48.9 Å². The summed E-state index contributed by atoms with van der Waals surface area (Å²) < 4.78 is 12.9. The minimum atomic E-state index is -0.101. The lowest BCUT2D eigenvalue weighted by atomic mass is 10.1. The van der Waals surface area contributed by atoms with Crippen molar-refractivity contribution < 1.29 is 9.15 Å². The molecule has 3 heterocycles. The second-order valence-corrected chi connectivity index (χ2v) is 6.05. The van der Waals surface area contributed by atoms with E-state index in [1.165, 1.54) is 22.9 Å². The highest BCUT2D eigenvalue weighted by Gasteiger charge is 2.25. The van der Waals surface area contributed by atoms with Crippen molar-refractivity contribution in [1.82, 2.24) is 14.6 Å². The van der Waals surface area contributed by atoms with Gasteiger partial charge in [-0.15, -0.1) is 0 Å². The van der Waals surface area contributed by atoms with Crippen LogP contribution in [0.25, 0.3) is 22.7 Å². The number of aryl methyl sites for hydroxylation is 2. The molecular weight excluding hydrogens is 288 g/mol. The van der Waals surface area contributed by atoms with Crippen molar-refractivity contribution in [3.8, 4) is 11.6 Å². The average Bonchev–Trinajstić information content (AvgIpc) is 3.10. The zero-order chi connectivity index (χ0) is 14.6. The van der Waals surface area contributed by atoms with Gasteiger partial charge in [-0.3, -0.25) is 5.43 Å². The number of rotatable bonds is 2. The predicted molar refractivity (Wildman–Crippen MR) is 80.7 cm³/mol. The number of imidazole rings is 1. The lowest BCUT2D eigenvalue weighted by molar-refractivity contribution is 0.187. The molecule has 0 spiro atoms. The maximum Gasteiger partial charge on any atom is 0.247 e. The topological polar surface area (TPSA) is 65.1 Å². The molecule has 1 aliphatic rings. The Morgan fingerprint density at radius 3 is 2.86 bits per heavy atom. The van der Waals surface area contributed by atoms with Gasteiger partial charge in [-0.25, -0.2) is 14.6 Å². The number of hydrogen-bond donors (Lipinski definition) is 1. The Balaban J connectivity index is 1.74. The number of benzene rings is 1. The third kappa shape index (κ3) is 2.00. The number of methoxy groups -OCH3 is 1. The number of nitrogens with zero attached hydrogens (tertiary/aromatic N) is 3. The third-order valence-electron chi connectivity index (χ3n) is 3.57. The first kappa shape index (κ1) is 12.7. The van der Waals surface area contributed by atoms with E-state index in [0.29, 0.717) is 11.6 Å². The normalized spacial score (nSPS) is 17.2. The maximum atomic E-state index is 5.82. The molecule has 4 rings (SSSR count). The minimum Gasteiger partial charge on any atom is -0.435 e. The Morgan fingerprint density at radius 1 is 1.29 bits per heavy atom. The fraction of sp³-hybridized carbons (Fsp3) is 0.286. The molecule has 0 fully saturated rings. The average molecular weight is 302 g/mol.